The van der Waals surface area contributed by atoms with Crippen LogP contribution in [0.5, 0.6) is 0 Å². The number of carbonyl (C=O) groups excluding carboxylic acids is 1. The van der Waals surface area contributed by atoms with Crippen LogP contribution < -0.4 is 5.32 Å². The highest BCUT2D eigenvalue weighted by Crippen LogP contribution is 2.45. The van der Waals surface area contributed by atoms with Crippen LogP contribution in [0, 0.1) is 0 Å². The van der Waals surface area contributed by atoms with E-state index in [0.717, 1.165) is 45.3 Å². The van der Waals surface area contributed by atoms with E-state index in [9.17, 15) is 4.79 Å². The fraction of sp³-hybridized carbons (Fsp3) is 0.611. The van der Waals surface area contributed by atoms with E-state index >= 15 is 0 Å². The van der Waals surface area contributed by atoms with Gasteiger partial charge in [-0.05, 0) is 45.2 Å². The monoisotopic (exact) mass is 286 g/mol. The quantitative estimate of drug-likeness (QED) is 0.906. The Balaban J connectivity index is 1.86. The number of amides is 1. The molecule has 114 valence electrons. The molecular formula is C18H26N2O. The van der Waals surface area contributed by atoms with Crippen molar-refractivity contribution in [1.29, 1.82) is 0 Å². The van der Waals surface area contributed by atoms with Crippen LogP contribution in [0.1, 0.15) is 45.1 Å². The van der Waals surface area contributed by atoms with Crippen molar-refractivity contribution in [1.82, 2.24) is 10.2 Å². The van der Waals surface area contributed by atoms with Crippen molar-refractivity contribution < 1.29 is 4.79 Å². The van der Waals surface area contributed by atoms with E-state index in [1.165, 1.54) is 5.56 Å². The van der Waals surface area contributed by atoms with Gasteiger partial charge < -0.3 is 10.2 Å². The van der Waals surface area contributed by atoms with Crippen LogP contribution in [0.4, 0.5) is 0 Å². The van der Waals surface area contributed by atoms with Crippen molar-refractivity contribution >= 4 is 5.91 Å². The average molecular weight is 286 g/mol. The first-order chi connectivity index (χ1) is 10.0. The van der Waals surface area contributed by atoms with E-state index in [0.29, 0.717) is 5.91 Å². The zero-order chi connectivity index (χ0) is 14.9. The predicted molar refractivity (Wildman–Crippen MR) is 85.2 cm³/mol. The molecule has 0 atom stereocenters. The number of hydrogen-bond donors (Lipinski definition) is 1. The molecule has 1 N–H and O–H groups in total. The third-order valence-electron chi connectivity index (χ3n) is 5.02. The second-order valence-electron chi connectivity index (χ2n) is 7.19. The molecule has 3 rings (SSSR count). The summed E-state index contributed by atoms with van der Waals surface area (Å²) in [5.41, 5.74) is 0.964. The number of carbonyl (C=O) groups is 1. The van der Waals surface area contributed by atoms with Gasteiger partial charge in [-0.2, -0.15) is 0 Å². The van der Waals surface area contributed by atoms with Crippen molar-refractivity contribution in [2.75, 3.05) is 19.6 Å². The molecule has 1 aromatic rings. The van der Waals surface area contributed by atoms with E-state index < -0.39 is 0 Å². The van der Waals surface area contributed by atoms with Gasteiger partial charge in [-0.15, -0.1) is 0 Å². The fourth-order valence-corrected chi connectivity index (χ4v) is 3.70. The molecule has 0 radical (unpaired) electrons. The second kappa shape index (κ2) is 5.45. The van der Waals surface area contributed by atoms with E-state index in [4.69, 9.17) is 0 Å². The molecule has 0 aromatic heterocycles. The Morgan fingerprint density at radius 3 is 2.48 bits per heavy atom. The van der Waals surface area contributed by atoms with Gasteiger partial charge in [-0.3, -0.25) is 4.79 Å². The highest BCUT2D eigenvalue weighted by atomic mass is 16.2. The summed E-state index contributed by atoms with van der Waals surface area (Å²) in [5, 5.41) is 3.54. The summed E-state index contributed by atoms with van der Waals surface area (Å²) < 4.78 is 0. The molecule has 2 fully saturated rings. The summed E-state index contributed by atoms with van der Waals surface area (Å²) in [6.07, 6.45) is 4.20. The summed E-state index contributed by atoms with van der Waals surface area (Å²) in [6, 6.07) is 10.4. The van der Waals surface area contributed by atoms with Gasteiger partial charge in [0.1, 0.15) is 0 Å². The van der Waals surface area contributed by atoms with Crippen molar-refractivity contribution in [3.63, 3.8) is 0 Å². The van der Waals surface area contributed by atoms with Gasteiger partial charge in [-0.1, -0.05) is 36.8 Å². The Bertz CT molecular complexity index is 505. The molecule has 21 heavy (non-hydrogen) atoms. The zero-order valence-electron chi connectivity index (χ0n) is 13.2. The molecule has 1 aliphatic heterocycles. The Morgan fingerprint density at radius 1 is 1.14 bits per heavy atom. The number of rotatable bonds is 2. The molecule has 1 amide bonds. The van der Waals surface area contributed by atoms with Gasteiger partial charge in [0.25, 0.3) is 0 Å². The summed E-state index contributed by atoms with van der Waals surface area (Å²) >= 11 is 0. The van der Waals surface area contributed by atoms with Crippen LogP contribution in [0.15, 0.2) is 30.3 Å². The molecule has 1 heterocycles. The van der Waals surface area contributed by atoms with Gasteiger partial charge >= 0.3 is 0 Å². The third kappa shape index (κ3) is 2.71. The Morgan fingerprint density at radius 2 is 1.86 bits per heavy atom. The molecule has 3 nitrogen and oxygen atoms in total. The molecule has 1 aromatic carbocycles. The Kier molecular flexibility index (Phi) is 3.78. The first-order valence-corrected chi connectivity index (χ1v) is 8.14. The molecule has 1 saturated heterocycles. The molecule has 3 heteroatoms. The summed E-state index contributed by atoms with van der Waals surface area (Å²) in [5.74, 6) is 0.344. The van der Waals surface area contributed by atoms with E-state index in [2.05, 4.69) is 48.3 Å². The number of benzene rings is 1. The third-order valence-corrected chi connectivity index (χ3v) is 5.02. The number of hydrogen-bond acceptors (Lipinski definition) is 2. The van der Waals surface area contributed by atoms with Crippen molar-refractivity contribution in [3.05, 3.63) is 35.9 Å². The fourth-order valence-electron chi connectivity index (χ4n) is 3.70. The first-order valence-electron chi connectivity index (χ1n) is 8.14. The normalized spacial score (nSPS) is 24.0. The largest absolute Gasteiger partial charge is 0.340 e. The van der Waals surface area contributed by atoms with Gasteiger partial charge in [0.2, 0.25) is 5.91 Å². The minimum atomic E-state index is -0.248. The number of nitrogens with zero attached hydrogens (tertiary/aromatic N) is 1. The average Bonchev–Trinajstić information content (AvgIpc) is 2.59. The molecule has 1 saturated carbocycles. The predicted octanol–water partition coefficient (Wildman–Crippen LogP) is 2.71. The molecule has 0 spiro atoms. The topological polar surface area (TPSA) is 32.3 Å². The Labute approximate surface area is 127 Å². The maximum absolute atomic E-state index is 13.2. The van der Waals surface area contributed by atoms with Gasteiger partial charge in [0, 0.05) is 18.6 Å². The number of nitrogens with one attached hydrogen (secondary N) is 1. The van der Waals surface area contributed by atoms with Crippen molar-refractivity contribution in [3.8, 4) is 0 Å². The van der Waals surface area contributed by atoms with Gasteiger partial charge in [-0.25, -0.2) is 0 Å². The lowest BCUT2D eigenvalue weighted by atomic mass is 9.63. The molecule has 1 aliphatic carbocycles. The standard InChI is InChI=1S/C18H26N2O/c1-17(2)14-20(13-7-12-19-17)16(21)18(10-6-11-18)15-8-4-3-5-9-15/h3-5,8-9,19H,6-7,10-14H2,1-2H3. The maximum atomic E-state index is 13.2. The highest BCUT2D eigenvalue weighted by Gasteiger charge is 2.48. The van der Waals surface area contributed by atoms with Crippen LogP contribution >= 0.6 is 0 Å². The second-order valence-corrected chi connectivity index (χ2v) is 7.19. The first kappa shape index (κ1) is 14.6. The maximum Gasteiger partial charge on any atom is 0.233 e. The summed E-state index contributed by atoms with van der Waals surface area (Å²) in [6.45, 7) is 7.06. The SMILES string of the molecule is CC1(C)CN(C(=O)C2(c3ccccc3)CCC2)CCCN1. The van der Waals surface area contributed by atoms with Gasteiger partial charge in [0.15, 0.2) is 0 Å². The molecule has 2 aliphatic rings. The van der Waals surface area contributed by atoms with Crippen LogP contribution in [0.3, 0.4) is 0 Å². The van der Waals surface area contributed by atoms with Crippen molar-refractivity contribution in [2.24, 2.45) is 0 Å². The lowest BCUT2D eigenvalue weighted by Crippen LogP contribution is -2.55. The smallest absolute Gasteiger partial charge is 0.233 e. The minimum Gasteiger partial charge on any atom is -0.340 e. The van der Waals surface area contributed by atoms with Crippen LogP contribution in [0.25, 0.3) is 0 Å². The summed E-state index contributed by atoms with van der Waals surface area (Å²) in [4.78, 5) is 15.3. The van der Waals surface area contributed by atoms with E-state index in [-0.39, 0.29) is 11.0 Å². The van der Waals surface area contributed by atoms with E-state index in [1.807, 2.05) is 6.07 Å². The van der Waals surface area contributed by atoms with Crippen molar-refractivity contribution in [2.45, 2.75) is 50.5 Å². The van der Waals surface area contributed by atoms with Crippen LogP contribution in [-0.4, -0.2) is 36.0 Å². The highest BCUT2D eigenvalue weighted by molar-refractivity contribution is 5.89. The molecular weight excluding hydrogens is 260 g/mol. The van der Waals surface area contributed by atoms with Crippen LogP contribution in [-0.2, 0) is 10.2 Å². The zero-order valence-corrected chi connectivity index (χ0v) is 13.2. The van der Waals surface area contributed by atoms with E-state index in [1.54, 1.807) is 0 Å². The minimum absolute atomic E-state index is 0.00772. The molecule has 0 unspecified atom stereocenters. The lowest BCUT2D eigenvalue weighted by molar-refractivity contribution is -0.141. The Hall–Kier alpha value is -1.35. The molecule has 0 bridgehead atoms. The summed E-state index contributed by atoms with van der Waals surface area (Å²) in [7, 11) is 0. The lowest BCUT2D eigenvalue weighted by Gasteiger charge is -2.45. The van der Waals surface area contributed by atoms with Gasteiger partial charge in [0.05, 0.1) is 5.41 Å². The van der Waals surface area contributed by atoms with Crippen LogP contribution in [0.2, 0.25) is 0 Å².